The molecule has 2 saturated heterocycles. The minimum atomic E-state index is -2.71. The van der Waals surface area contributed by atoms with E-state index >= 15 is 0 Å². The maximum Gasteiger partial charge on any atom is 0.225 e. The van der Waals surface area contributed by atoms with Gasteiger partial charge in [-0.1, -0.05) is 0 Å². The van der Waals surface area contributed by atoms with Gasteiger partial charge in [0.05, 0.1) is 12.7 Å². The molecule has 8 N–H and O–H groups in total. The molecule has 0 aromatic carbocycles. The van der Waals surface area contributed by atoms with Crippen molar-refractivity contribution in [3.8, 4) is 0 Å². The summed E-state index contributed by atoms with van der Waals surface area (Å²) in [7, 11) is 0. The maximum atomic E-state index is 10.5. The fourth-order valence-electron chi connectivity index (χ4n) is 2.81. The Morgan fingerprint density at radius 3 is 2.00 bits per heavy atom. The summed E-state index contributed by atoms with van der Waals surface area (Å²) in [5.74, 6) is -2.71. The lowest BCUT2D eigenvalue weighted by Gasteiger charge is -2.52. The Morgan fingerprint density at radius 1 is 0.864 bits per heavy atom. The van der Waals surface area contributed by atoms with Gasteiger partial charge in [-0.2, -0.15) is 0 Å². The first kappa shape index (κ1) is 17.9. The molecule has 0 aromatic heterocycles. The zero-order valence-corrected chi connectivity index (χ0v) is 11.8. The third-order valence-corrected chi connectivity index (χ3v) is 4.26. The van der Waals surface area contributed by atoms with E-state index in [4.69, 9.17) is 14.6 Å². The predicted octanol–water partition coefficient (Wildman–Crippen LogP) is -4.98. The first-order valence-electron chi connectivity index (χ1n) is 6.90. The second-order valence-electron chi connectivity index (χ2n) is 5.75. The largest absolute Gasteiger partial charge is 0.394 e. The van der Waals surface area contributed by atoms with Crippen LogP contribution in [0.2, 0.25) is 0 Å². The van der Waals surface area contributed by atoms with Gasteiger partial charge < -0.3 is 50.3 Å². The van der Waals surface area contributed by atoms with E-state index in [0.29, 0.717) is 0 Å². The van der Waals surface area contributed by atoms with Crippen LogP contribution in [-0.2, 0) is 9.47 Å². The fourth-order valence-corrected chi connectivity index (χ4v) is 2.81. The number of aliphatic hydroxyl groups is 8. The van der Waals surface area contributed by atoms with Gasteiger partial charge in [0.1, 0.15) is 48.8 Å². The van der Waals surface area contributed by atoms with Crippen LogP contribution in [-0.4, -0.2) is 108 Å². The molecule has 0 aromatic rings. The number of ether oxygens (including phenoxy) is 2. The van der Waals surface area contributed by atoms with Crippen LogP contribution in [0, 0.1) is 0 Å². The molecule has 2 fully saturated rings. The van der Waals surface area contributed by atoms with E-state index in [1.807, 2.05) is 0 Å². The number of rotatable bonds is 2. The highest BCUT2D eigenvalue weighted by Crippen LogP contribution is 2.37. The van der Waals surface area contributed by atoms with Gasteiger partial charge in [0.25, 0.3) is 0 Å². The molecule has 2 rings (SSSR count). The van der Waals surface area contributed by atoms with E-state index in [2.05, 4.69) is 0 Å². The summed E-state index contributed by atoms with van der Waals surface area (Å²) in [6.07, 6.45) is -14.8. The third kappa shape index (κ3) is 2.65. The Labute approximate surface area is 125 Å². The Balaban J connectivity index is 2.31. The number of aliphatic hydroxyl groups excluding tert-OH is 7. The van der Waals surface area contributed by atoms with Gasteiger partial charge >= 0.3 is 0 Å². The molecule has 0 aliphatic carbocycles. The van der Waals surface area contributed by atoms with Gasteiger partial charge in [-0.3, -0.25) is 0 Å². The average Bonchev–Trinajstić information content (AvgIpc) is 2.50. The van der Waals surface area contributed by atoms with Crippen molar-refractivity contribution in [1.82, 2.24) is 0 Å². The summed E-state index contributed by atoms with van der Waals surface area (Å²) < 4.78 is 10.2. The van der Waals surface area contributed by atoms with E-state index in [9.17, 15) is 35.7 Å². The van der Waals surface area contributed by atoms with Crippen molar-refractivity contribution in [2.24, 2.45) is 0 Å². The van der Waals surface area contributed by atoms with Gasteiger partial charge in [0, 0.05) is 0 Å². The van der Waals surface area contributed by atoms with Crippen molar-refractivity contribution in [2.75, 3.05) is 6.61 Å². The van der Waals surface area contributed by atoms with Crippen LogP contribution in [0.15, 0.2) is 0 Å². The van der Waals surface area contributed by atoms with Crippen LogP contribution in [0.25, 0.3) is 0 Å². The van der Waals surface area contributed by atoms with E-state index in [1.165, 1.54) is 6.92 Å². The lowest BCUT2D eigenvalue weighted by molar-refractivity contribution is -0.404. The van der Waals surface area contributed by atoms with E-state index in [-0.39, 0.29) is 0 Å². The van der Waals surface area contributed by atoms with E-state index in [0.717, 1.165) is 0 Å². The molecule has 130 valence electrons. The van der Waals surface area contributed by atoms with Crippen molar-refractivity contribution in [1.29, 1.82) is 0 Å². The molecule has 0 bridgehead atoms. The summed E-state index contributed by atoms with van der Waals surface area (Å²) in [4.78, 5) is 0. The second kappa shape index (κ2) is 6.24. The van der Waals surface area contributed by atoms with Crippen molar-refractivity contribution in [3.05, 3.63) is 0 Å². The van der Waals surface area contributed by atoms with Gasteiger partial charge in [0.2, 0.25) is 5.79 Å². The number of hydrogen-bond acceptors (Lipinski definition) is 10. The molecule has 10 atom stereocenters. The molecular formula is C12H22O10. The summed E-state index contributed by atoms with van der Waals surface area (Å²) in [5, 5.41) is 78.4. The van der Waals surface area contributed by atoms with Gasteiger partial charge in [0.15, 0.2) is 0 Å². The quantitative estimate of drug-likeness (QED) is 0.245. The van der Waals surface area contributed by atoms with Gasteiger partial charge in [-0.15, -0.1) is 0 Å². The SMILES string of the molecule is C[C@@H]1OC(C2(O)O[C@H](CO)[C@@H](O)[C@H](O)[C@H]2O)[C@H](O)[C@H](O)[C@H]1O. The minimum absolute atomic E-state index is 0.781. The zero-order chi connectivity index (χ0) is 16.8. The molecule has 10 nitrogen and oxygen atoms in total. The monoisotopic (exact) mass is 326 g/mol. The summed E-state index contributed by atoms with van der Waals surface area (Å²) in [6.45, 7) is 0.580. The van der Waals surface area contributed by atoms with Crippen molar-refractivity contribution >= 4 is 0 Å². The molecule has 0 spiro atoms. The Bertz CT molecular complexity index is 392. The van der Waals surface area contributed by atoms with Crippen LogP contribution < -0.4 is 0 Å². The van der Waals surface area contributed by atoms with E-state index in [1.54, 1.807) is 0 Å². The third-order valence-electron chi connectivity index (χ3n) is 4.26. The first-order valence-corrected chi connectivity index (χ1v) is 6.90. The van der Waals surface area contributed by atoms with Gasteiger partial charge in [-0.05, 0) is 6.92 Å². The van der Waals surface area contributed by atoms with Crippen LogP contribution in [0.1, 0.15) is 6.92 Å². The average molecular weight is 326 g/mol. The van der Waals surface area contributed by atoms with Crippen LogP contribution in [0.4, 0.5) is 0 Å². The molecule has 2 unspecified atom stereocenters. The molecule has 2 aliphatic rings. The molecule has 0 radical (unpaired) electrons. The van der Waals surface area contributed by atoms with Crippen LogP contribution >= 0.6 is 0 Å². The minimum Gasteiger partial charge on any atom is -0.394 e. The number of hydrogen-bond donors (Lipinski definition) is 8. The Morgan fingerprint density at radius 2 is 1.45 bits per heavy atom. The first-order chi connectivity index (χ1) is 10.1. The van der Waals surface area contributed by atoms with E-state index < -0.39 is 67.3 Å². The van der Waals surface area contributed by atoms with Crippen LogP contribution in [0.3, 0.4) is 0 Å². The Hall–Kier alpha value is -0.400. The molecule has 0 amide bonds. The molecule has 10 heteroatoms. The lowest BCUT2D eigenvalue weighted by atomic mass is 9.83. The van der Waals surface area contributed by atoms with Gasteiger partial charge in [-0.25, -0.2) is 0 Å². The summed E-state index contributed by atoms with van der Waals surface area (Å²) in [6, 6.07) is 0. The summed E-state index contributed by atoms with van der Waals surface area (Å²) in [5.41, 5.74) is 0. The highest BCUT2D eigenvalue weighted by atomic mass is 16.7. The highest BCUT2D eigenvalue weighted by Gasteiger charge is 2.62. The predicted molar refractivity (Wildman–Crippen MR) is 67.3 cm³/mol. The van der Waals surface area contributed by atoms with Crippen molar-refractivity contribution in [2.45, 2.75) is 67.6 Å². The maximum absolute atomic E-state index is 10.5. The fraction of sp³-hybridized carbons (Fsp3) is 1.00. The molecule has 22 heavy (non-hydrogen) atoms. The molecule has 2 heterocycles. The molecular weight excluding hydrogens is 304 g/mol. The standard InChI is InChI=1S/C12H22O10/c1-3-5(14)7(16)9(18)11(21-3)12(20)10(19)8(17)6(15)4(2-13)22-12/h3-11,13-20H,2H2,1H3/t3-,4+,5-,6+,7+,8-,9+,10+,11?,12?/m0/s1. The van der Waals surface area contributed by atoms with Crippen molar-refractivity contribution in [3.63, 3.8) is 0 Å². The smallest absolute Gasteiger partial charge is 0.225 e. The Kier molecular flexibility index (Phi) is 5.09. The van der Waals surface area contributed by atoms with Crippen molar-refractivity contribution < 1.29 is 50.3 Å². The normalized spacial score (nSPS) is 56.9. The molecule has 2 aliphatic heterocycles. The highest BCUT2D eigenvalue weighted by molar-refractivity contribution is 5.05. The lowest BCUT2D eigenvalue weighted by Crippen LogP contribution is -2.74. The summed E-state index contributed by atoms with van der Waals surface area (Å²) >= 11 is 0. The second-order valence-corrected chi connectivity index (χ2v) is 5.75. The molecule has 0 saturated carbocycles. The zero-order valence-electron chi connectivity index (χ0n) is 11.8. The van der Waals surface area contributed by atoms with Crippen LogP contribution in [0.5, 0.6) is 0 Å². The topological polar surface area (TPSA) is 180 Å².